The van der Waals surface area contributed by atoms with Gasteiger partial charge in [0.25, 0.3) is 5.91 Å². The lowest BCUT2D eigenvalue weighted by atomic mass is 9.97. The summed E-state index contributed by atoms with van der Waals surface area (Å²) in [5, 5.41) is 0. The van der Waals surface area contributed by atoms with Gasteiger partial charge in [0.1, 0.15) is 5.75 Å². The lowest BCUT2D eigenvalue weighted by Crippen LogP contribution is -2.39. The Labute approximate surface area is 115 Å². The van der Waals surface area contributed by atoms with Crippen LogP contribution >= 0.6 is 9.24 Å². The molecule has 0 bridgehead atoms. The standard InChI is InChI=1S/C14H18NO3P/c1-18-12-4-2-10(3-5-12)13(16)15-8-6-11(7-9-15)14(17)19/h2-5,11H,6-9,19H2,1H3. The van der Waals surface area contributed by atoms with Crippen LogP contribution in [0.1, 0.15) is 23.2 Å². The van der Waals surface area contributed by atoms with Gasteiger partial charge in [-0.15, -0.1) is 0 Å². The Morgan fingerprint density at radius 3 is 2.26 bits per heavy atom. The van der Waals surface area contributed by atoms with Crippen LogP contribution in [0.15, 0.2) is 24.3 Å². The number of nitrogens with zero attached hydrogens (tertiary/aromatic N) is 1. The van der Waals surface area contributed by atoms with Gasteiger partial charge >= 0.3 is 0 Å². The molecule has 102 valence electrons. The zero-order chi connectivity index (χ0) is 13.8. The first-order chi connectivity index (χ1) is 9.11. The van der Waals surface area contributed by atoms with Crippen molar-refractivity contribution in [1.82, 2.24) is 4.90 Å². The van der Waals surface area contributed by atoms with E-state index in [-0.39, 0.29) is 17.3 Å². The number of benzene rings is 1. The molecule has 19 heavy (non-hydrogen) atoms. The maximum atomic E-state index is 12.3. The molecule has 0 radical (unpaired) electrons. The summed E-state index contributed by atoms with van der Waals surface area (Å²) >= 11 is 0. The van der Waals surface area contributed by atoms with Gasteiger partial charge in [-0.2, -0.15) is 0 Å². The predicted molar refractivity (Wildman–Crippen MR) is 76.3 cm³/mol. The van der Waals surface area contributed by atoms with Crippen LogP contribution in [0.2, 0.25) is 0 Å². The van der Waals surface area contributed by atoms with Gasteiger partial charge in [0.05, 0.1) is 7.11 Å². The number of rotatable bonds is 3. The van der Waals surface area contributed by atoms with Crippen molar-refractivity contribution in [2.24, 2.45) is 5.92 Å². The van der Waals surface area contributed by atoms with Crippen molar-refractivity contribution in [1.29, 1.82) is 0 Å². The van der Waals surface area contributed by atoms with Crippen molar-refractivity contribution >= 4 is 20.7 Å². The highest BCUT2D eigenvalue weighted by molar-refractivity contribution is 7.40. The minimum Gasteiger partial charge on any atom is -0.497 e. The average molecular weight is 279 g/mol. The second-order valence-electron chi connectivity index (χ2n) is 4.70. The van der Waals surface area contributed by atoms with E-state index in [1.54, 1.807) is 31.4 Å². The summed E-state index contributed by atoms with van der Waals surface area (Å²) in [6, 6.07) is 7.11. The molecule has 1 saturated heterocycles. The number of likely N-dealkylation sites (tertiary alicyclic amines) is 1. The van der Waals surface area contributed by atoms with Crippen molar-refractivity contribution < 1.29 is 14.3 Å². The Hall–Kier alpha value is -1.41. The second-order valence-corrected chi connectivity index (χ2v) is 5.27. The highest BCUT2D eigenvalue weighted by Crippen LogP contribution is 2.22. The van der Waals surface area contributed by atoms with Gasteiger partial charge in [0.15, 0.2) is 5.52 Å². The van der Waals surface area contributed by atoms with E-state index in [0.717, 1.165) is 18.6 Å². The molecule has 1 aromatic carbocycles. The number of carbonyl (C=O) groups excluding carboxylic acids is 2. The van der Waals surface area contributed by atoms with Crippen LogP contribution in [-0.4, -0.2) is 36.5 Å². The van der Waals surface area contributed by atoms with Crippen LogP contribution in [0, 0.1) is 5.92 Å². The molecule has 1 atom stereocenters. The second kappa shape index (κ2) is 6.16. The van der Waals surface area contributed by atoms with E-state index in [9.17, 15) is 9.59 Å². The zero-order valence-corrected chi connectivity index (χ0v) is 12.1. The predicted octanol–water partition coefficient (Wildman–Crippen LogP) is 1.95. The Bertz CT molecular complexity index is 464. The number of methoxy groups -OCH3 is 1. The zero-order valence-electron chi connectivity index (χ0n) is 11.0. The van der Waals surface area contributed by atoms with Crippen molar-refractivity contribution in [3.8, 4) is 5.75 Å². The third-order valence-electron chi connectivity index (χ3n) is 3.52. The molecule has 4 nitrogen and oxygen atoms in total. The van der Waals surface area contributed by atoms with Crippen molar-refractivity contribution in [2.75, 3.05) is 20.2 Å². The van der Waals surface area contributed by atoms with Crippen LogP contribution < -0.4 is 4.74 Å². The van der Waals surface area contributed by atoms with E-state index >= 15 is 0 Å². The number of amides is 1. The largest absolute Gasteiger partial charge is 0.497 e. The fourth-order valence-electron chi connectivity index (χ4n) is 2.28. The third-order valence-corrected chi connectivity index (χ3v) is 3.99. The quantitative estimate of drug-likeness (QED) is 0.794. The van der Waals surface area contributed by atoms with Crippen LogP contribution in [0.5, 0.6) is 5.75 Å². The highest BCUT2D eigenvalue weighted by atomic mass is 31.0. The monoisotopic (exact) mass is 279 g/mol. The maximum absolute atomic E-state index is 12.3. The van der Waals surface area contributed by atoms with Crippen molar-refractivity contribution in [3.05, 3.63) is 29.8 Å². The molecule has 1 aliphatic heterocycles. The molecule has 0 saturated carbocycles. The summed E-state index contributed by atoms with van der Waals surface area (Å²) in [5.74, 6) is 0.853. The molecule has 0 aliphatic carbocycles. The van der Waals surface area contributed by atoms with E-state index in [0.29, 0.717) is 18.7 Å². The van der Waals surface area contributed by atoms with Gasteiger partial charge in [-0.1, -0.05) is 9.24 Å². The molecule has 1 unspecified atom stereocenters. The minimum atomic E-state index is 0.0253. The van der Waals surface area contributed by atoms with E-state index in [4.69, 9.17) is 4.74 Å². The molecule has 1 heterocycles. The summed E-state index contributed by atoms with van der Waals surface area (Å²) in [6.45, 7) is 1.30. The number of ether oxygens (including phenoxy) is 1. The van der Waals surface area contributed by atoms with Gasteiger partial charge < -0.3 is 9.64 Å². The van der Waals surface area contributed by atoms with E-state index in [2.05, 4.69) is 9.24 Å². The molecule has 1 amide bonds. The summed E-state index contributed by atoms with van der Waals surface area (Å²) in [5.41, 5.74) is 0.813. The summed E-state index contributed by atoms with van der Waals surface area (Å²) in [4.78, 5) is 25.3. The third kappa shape index (κ3) is 3.32. The van der Waals surface area contributed by atoms with Gasteiger partial charge in [-0.3, -0.25) is 9.59 Å². The SMILES string of the molecule is COc1ccc(C(=O)N2CCC(C(=O)P)CC2)cc1. The molecule has 1 aliphatic rings. The Kier molecular flexibility index (Phi) is 4.54. The average Bonchev–Trinajstić information content (AvgIpc) is 2.46. The number of hydrogen-bond donors (Lipinski definition) is 0. The molecule has 1 aromatic rings. The van der Waals surface area contributed by atoms with E-state index in [1.165, 1.54) is 0 Å². The number of carbonyl (C=O) groups is 2. The first-order valence-electron chi connectivity index (χ1n) is 6.34. The maximum Gasteiger partial charge on any atom is 0.253 e. The Balaban J connectivity index is 1.98. The minimum absolute atomic E-state index is 0.0253. The van der Waals surface area contributed by atoms with Gasteiger partial charge in [0, 0.05) is 24.6 Å². The molecular formula is C14H18NO3P. The van der Waals surface area contributed by atoms with Gasteiger partial charge in [-0.05, 0) is 37.1 Å². The lowest BCUT2D eigenvalue weighted by Gasteiger charge is -2.30. The molecule has 0 aromatic heterocycles. The Morgan fingerprint density at radius 1 is 1.21 bits per heavy atom. The molecule has 5 heteroatoms. The van der Waals surface area contributed by atoms with Gasteiger partial charge in [-0.25, -0.2) is 0 Å². The topological polar surface area (TPSA) is 46.6 Å². The molecule has 0 N–H and O–H groups in total. The van der Waals surface area contributed by atoms with Crippen LogP contribution in [-0.2, 0) is 4.79 Å². The van der Waals surface area contributed by atoms with Crippen LogP contribution in [0.4, 0.5) is 0 Å². The fourth-order valence-corrected chi connectivity index (χ4v) is 2.62. The number of hydrogen-bond acceptors (Lipinski definition) is 3. The first-order valence-corrected chi connectivity index (χ1v) is 6.92. The van der Waals surface area contributed by atoms with Crippen LogP contribution in [0.25, 0.3) is 0 Å². The normalized spacial score (nSPS) is 16.2. The molecule has 2 rings (SSSR count). The lowest BCUT2D eigenvalue weighted by molar-refractivity contribution is -0.115. The summed E-state index contributed by atoms with van der Waals surface area (Å²) in [6.07, 6.45) is 1.51. The van der Waals surface area contributed by atoms with E-state index in [1.807, 2.05) is 4.90 Å². The van der Waals surface area contributed by atoms with Gasteiger partial charge in [0.2, 0.25) is 0 Å². The highest BCUT2D eigenvalue weighted by Gasteiger charge is 2.25. The van der Waals surface area contributed by atoms with E-state index < -0.39 is 0 Å². The summed E-state index contributed by atoms with van der Waals surface area (Å²) < 4.78 is 5.07. The smallest absolute Gasteiger partial charge is 0.253 e. The van der Waals surface area contributed by atoms with Crippen molar-refractivity contribution in [3.63, 3.8) is 0 Å². The fraction of sp³-hybridized carbons (Fsp3) is 0.429. The number of piperidine rings is 1. The molecule has 0 spiro atoms. The first kappa shape index (κ1) is 14.0. The molecule has 1 fully saturated rings. The van der Waals surface area contributed by atoms with Crippen molar-refractivity contribution in [2.45, 2.75) is 12.8 Å². The molecular weight excluding hydrogens is 261 g/mol. The van der Waals surface area contributed by atoms with Crippen LogP contribution in [0.3, 0.4) is 0 Å². The summed E-state index contributed by atoms with van der Waals surface area (Å²) in [7, 11) is 3.84. The Morgan fingerprint density at radius 2 is 1.79 bits per heavy atom.